The molecule has 104 valence electrons. The quantitative estimate of drug-likeness (QED) is 0.860. The summed E-state index contributed by atoms with van der Waals surface area (Å²) in [4.78, 5) is 23.9. The molecule has 0 saturated carbocycles. The third-order valence-electron chi connectivity index (χ3n) is 2.43. The van der Waals surface area contributed by atoms with Gasteiger partial charge in [-0.1, -0.05) is 0 Å². The predicted octanol–water partition coefficient (Wildman–Crippen LogP) is 2.66. The zero-order valence-corrected chi connectivity index (χ0v) is 11.9. The predicted molar refractivity (Wildman–Crippen MR) is 67.9 cm³/mol. The molecule has 0 atom stereocenters. The highest BCUT2D eigenvalue weighted by Gasteiger charge is 2.24. The normalized spacial score (nSPS) is 10.6. The lowest BCUT2D eigenvalue weighted by atomic mass is 10.1. The molecule has 19 heavy (non-hydrogen) atoms. The van der Waals surface area contributed by atoms with Crippen LogP contribution in [0.15, 0.2) is 16.6 Å². The van der Waals surface area contributed by atoms with Gasteiger partial charge in [-0.3, -0.25) is 9.59 Å². The van der Waals surface area contributed by atoms with Crippen LogP contribution in [0.1, 0.15) is 24.2 Å². The third kappa shape index (κ3) is 3.73. The Balaban J connectivity index is 3.16. The molecular weight excluding hydrogens is 324 g/mol. The van der Waals surface area contributed by atoms with Gasteiger partial charge in [0.05, 0.1) is 5.56 Å². The van der Waals surface area contributed by atoms with Crippen LogP contribution in [0.2, 0.25) is 0 Å². The third-order valence-corrected chi connectivity index (χ3v) is 3.09. The van der Waals surface area contributed by atoms with Gasteiger partial charge in [-0.25, -0.2) is 8.78 Å². The van der Waals surface area contributed by atoms with Crippen molar-refractivity contribution >= 4 is 27.8 Å². The highest BCUT2D eigenvalue weighted by molar-refractivity contribution is 9.10. The Kier molecular flexibility index (Phi) is 4.99. The minimum atomic E-state index is -1.18. The van der Waals surface area contributed by atoms with Crippen molar-refractivity contribution in [3.05, 3.63) is 33.8 Å². The molecule has 4 nitrogen and oxygen atoms in total. The van der Waals surface area contributed by atoms with Gasteiger partial charge in [0.2, 0.25) is 0 Å². The molecule has 0 aliphatic heterocycles. The number of carbonyl (C=O) groups excluding carboxylic acids is 1. The summed E-state index contributed by atoms with van der Waals surface area (Å²) < 4.78 is 26.2. The lowest BCUT2D eigenvalue weighted by Crippen LogP contribution is -2.40. The van der Waals surface area contributed by atoms with Gasteiger partial charge in [-0.2, -0.15) is 0 Å². The highest BCUT2D eigenvalue weighted by Crippen LogP contribution is 2.22. The van der Waals surface area contributed by atoms with Gasteiger partial charge >= 0.3 is 5.97 Å². The van der Waals surface area contributed by atoms with Crippen LogP contribution in [0.25, 0.3) is 0 Å². The molecule has 1 aromatic carbocycles. The number of nitrogens with zero attached hydrogens (tertiary/aromatic N) is 1. The van der Waals surface area contributed by atoms with Crippen LogP contribution in [0, 0.1) is 11.6 Å². The number of benzene rings is 1. The van der Waals surface area contributed by atoms with E-state index in [0.717, 1.165) is 17.0 Å². The van der Waals surface area contributed by atoms with Gasteiger partial charge in [-0.05, 0) is 41.9 Å². The molecule has 0 fully saturated rings. The number of carboxylic acids is 1. The van der Waals surface area contributed by atoms with Gasteiger partial charge in [-0.15, -0.1) is 0 Å². The summed E-state index contributed by atoms with van der Waals surface area (Å²) in [6.07, 6.45) is 0. The van der Waals surface area contributed by atoms with Crippen LogP contribution in [0.5, 0.6) is 0 Å². The maximum atomic E-state index is 13.2. The summed E-state index contributed by atoms with van der Waals surface area (Å²) in [6.45, 7) is 2.76. The average molecular weight is 336 g/mol. The van der Waals surface area contributed by atoms with E-state index in [2.05, 4.69) is 15.9 Å². The van der Waals surface area contributed by atoms with Gasteiger partial charge in [0.25, 0.3) is 5.91 Å². The van der Waals surface area contributed by atoms with Gasteiger partial charge in [0.15, 0.2) is 11.6 Å². The Morgan fingerprint density at radius 1 is 1.32 bits per heavy atom. The first-order chi connectivity index (χ1) is 8.73. The molecule has 1 rings (SSSR count). The van der Waals surface area contributed by atoms with Crippen molar-refractivity contribution in [2.75, 3.05) is 6.54 Å². The number of hydrogen-bond donors (Lipinski definition) is 1. The van der Waals surface area contributed by atoms with Crippen molar-refractivity contribution in [3.63, 3.8) is 0 Å². The second kappa shape index (κ2) is 6.10. The van der Waals surface area contributed by atoms with E-state index < -0.39 is 30.1 Å². The molecule has 0 radical (unpaired) electrons. The van der Waals surface area contributed by atoms with E-state index in [1.54, 1.807) is 13.8 Å². The first-order valence-corrected chi connectivity index (χ1v) is 6.20. The van der Waals surface area contributed by atoms with Gasteiger partial charge < -0.3 is 10.0 Å². The molecule has 7 heteroatoms. The molecular formula is C12H12BrF2NO3. The van der Waals surface area contributed by atoms with E-state index in [-0.39, 0.29) is 16.1 Å². The Hall–Kier alpha value is -1.50. The van der Waals surface area contributed by atoms with Crippen LogP contribution in [-0.2, 0) is 4.79 Å². The Morgan fingerprint density at radius 3 is 2.32 bits per heavy atom. The molecule has 0 aliphatic rings. The number of halogens is 3. The smallest absolute Gasteiger partial charge is 0.323 e. The van der Waals surface area contributed by atoms with Crippen molar-refractivity contribution in [2.45, 2.75) is 19.9 Å². The fourth-order valence-electron chi connectivity index (χ4n) is 1.48. The summed E-state index contributed by atoms with van der Waals surface area (Å²) in [6, 6.07) is 1.20. The number of aliphatic carboxylic acids is 1. The molecule has 1 aromatic rings. The minimum absolute atomic E-state index is 0.0763. The van der Waals surface area contributed by atoms with Gasteiger partial charge in [0.1, 0.15) is 6.54 Å². The van der Waals surface area contributed by atoms with Crippen LogP contribution in [0.4, 0.5) is 8.78 Å². The van der Waals surface area contributed by atoms with Crippen LogP contribution >= 0.6 is 15.9 Å². The number of hydrogen-bond acceptors (Lipinski definition) is 2. The van der Waals surface area contributed by atoms with E-state index in [1.165, 1.54) is 0 Å². The van der Waals surface area contributed by atoms with Crippen LogP contribution in [0.3, 0.4) is 0 Å². The van der Waals surface area contributed by atoms with E-state index >= 15 is 0 Å². The van der Waals surface area contributed by atoms with Crippen molar-refractivity contribution in [1.29, 1.82) is 0 Å². The molecule has 0 bridgehead atoms. The van der Waals surface area contributed by atoms with E-state index in [9.17, 15) is 18.4 Å². The maximum Gasteiger partial charge on any atom is 0.323 e. The second-order valence-corrected chi connectivity index (χ2v) is 5.02. The SMILES string of the molecule is CC(C)N(CC(=O)O)C(=O)c1cc(F)c(F)cc1Br. The summed E-state index contributed by atoms with van der Waals surface area (Å²) in [5.41, 5.74) is -0.117. The van der Waals surface area contributed by atoms with Crippen LogP contribution in [-0.4, -0.2) is 34.5 Å². The first-order valence-electron chi connectivity index (χ1n) is 5.41. The van der Waals surface area contributed by atoms with E-state index in [0.29, 0.717) is 0 Å². The summed E-state index contributed by atoms with van der Waals surface area (Å²) >= 11 is 2.96. The van der Waals surface area contributed by atoms with Crippen molar-refractivity contribution < 1.29 is 23.5 Å². The molecule has 0 aromatic heterocycles. The number of carbonyl (C=O) groups is 2. The largest absolute Gasteiger partial charge is 0.480 e. The van der Waals surface area contributed by atoms with E-state index in [1.807, 2.05) is 0 Å². The number of rotatable bonds is 4. The molecule has 0 unspecified atom stereocenters. The summed E-state index contributed by atoms with van der Waals surface area (Å²) in [5.74, 6) is -4.10. The Bertz CT molecular complexity index is 520. The zero-order chi connectivity index (χ0) is 14.7. The number of amides is 1. The Labute approximate surface area is 117 Å². The lowest BCUT2D eigenvalue weighted by molar-refractivity contribution is -0.138. The first kappa shape index (κ1) is 15.6. The minimum Gasteiger partial charge on any atom is -0.480 e. The van der Waals surface area contributed by atoms with E-state index in [4.69, 9.17) is 5.11 Å². The fourth-order valence-corrected chi connectivity index (χ4v) is 1.96. The molecule has 0 saturated heterocycles. The summed E-state index contributed by atoms with van der Waals surface area (Å²) in [7, 11) is 0. The van der Waals surface area contributed by atoms with Crippen molar-refractivity contribution in [2.24, 2.45) is 0 Å². The molecule has 0 aliphatic carbocycles. The monoisotopic (exact) mass is 335 g/mol. The molecule has 0 spiro atoms. The maximum absolute atomic E-state index is 13.2. The standard InChI is InChI=1S/C12H12BrF2NO3/c1-6(2)16(5-11(17)18)12(19)7-3-9(14)10(15)4-8(7)13/h3-4,6H,5H2,1-2H3,(H,17,18). The van der Waals surface area contributed by atoms with Gasteiger partial charge in [0, 0.05) is 10.5 Å². The van der Waals surface area contributed by atoms with Crippen LogP contribution < -0.4 is 0 Å². The Morgan fingerprint density at radius 2 is 1.84 bits per heavy atom. The fraction of sp³-hybridized carbons (Fsp3) is 0.333. The zero-order valence-electron chi connectivity index (χ0n) is 10.3. The highest BCUT2D eigenvalue weighted by atomic mass is 79.9. The molecule has 0 heterocycles. The van der Waals surface area contributed by atoms with Crippen molar-refractivity contribution in [3.8, 4) is 0 Å². The second-order valence-electron chi connectivity index (χ2n) is 4.17. The lowest BCUT2D eigenvalue weighted by Gasteiger charge is -2.25. The summed E-state index contributed by atoms with van der Waals surface area (Å²) in [5, 5.41) is 8.76. The topological polar surface area (TPSA) is 57.6 Å². The van der Waals surface area contributed by atoms with Crippen molar-refractivity contribution in [1.82, 2.24) is 4.90 Å². The molecule has 1 amide bonds. The number of carboxylic acid groups (broad SMARTS) is 1. The average Bonchev–Trinajstić information content (AvgIpc) is 2.29. The molecule has 1 N–H and O–H groups in total.